The number of carbonyl (C=O) groups is 2. The Morgan fingerprint density at radius 3 is 2.30 bits per heavy atom. The van der Waals surface area contributed by atoms with Crippen LogP contribution in [0.25, 0.3) is 0 Å². The number of nitrogens with zero attached hydrogens (tertiary/aromatic N) is 2. The summed E-state index contributed by atoms with van der Waals surface area (Å²) in [5, 5.41) is 10.4. The van der Waals surface area contributed by atoms with Crippen LogP contribution in [0.5, 0.6) is 0 Å². The standard InChI is InChI=1S/C21H30N2O4/c1-6-22(7-2)16-10-8-15(9-11-16)18-17(19(24)14(3)4)20(25)21(26)23(18)12-13-27-5/h8-11,14,18,25H,6-7,12-13H2,1-5H3. The van der Waals surface area contributed by atoms with Crippen molar-refractivity contribution in [2.24, 2.45) is 5.92 Å². The monoisotopic (exact) mass is 374 g/mol. The molecule has 0 spiro atoms. The summed E-state index contributed by atoms with van der Waals surface area (Å²) < 4.78 is 5.11. The van der Waals surface area contributed by atoms with Crippen molar-refractivity contribution in [3.05, 3.63) is 41.2 Å². The van der Waals surface area contributed by atoms with Gasteiger partial charge in [-0.25, -0.2) is 0 Å². The largest absolute Gasteiger partial charge is 0.503 e. The maximum atomic E-state index is 12.7. The molecule has 1 amide bonds. The maximum absolute atomic E-state index is 12.7. The van der Waals surface area contributed by atoms with Crippen molar-refractivity contribution in [2.75, 3.05) is 38.3 Å². The van der Waals surface area contributed by atoms with E-state index in [-0.39, 0.29) is 17.3 Å². The number of Topliss-reactive ketones (excluding diaryl/α,β-unsaturated/α-hetero) is 1. The van der Waals surface area contributed by atoms with Gasteiger partial charge >= 0.3 is 0 Å². The third-order valence-corrected chi connectivity index (χ3v) is 4.97. The molecule has 1 aromatic rings. The van der Waals surface area contributed by atoms with Crippen LogP contribution in [0.2, 0.25) is 0 Å². The van der Waals surface area contributed by atoms with Crippen LogP contribution >= 0.6 is 0 Å². The van der Waals surface area contributed by atoms with Gasteiger partial charge in [0.1, 0.15) is 0 Å². The van der Waals surface area contributed by atoms with E-state index in [0.29, 0.717) is 13.2 Å². The molecular formula is C21H30N2O4. The van der Waals surface area contributed by atoms with Crippen LogP contribution in [-0.4, -0.2) is 55.0 Å². The van der Waals surface area contributed by atoms with E-state index < -0.39 is 17.7 Å². The molecule has 0 bridgehead atoms. The van der Waals surface area contributed by atoms with Crippen LogP contribution in [0.15, 0.2) is 35.6 Å². The number of hydrogen-bond acceptors (Lipinski definition) is 5. The molecule has 1 heterocycles. The van der Waals surface area contributed by atoms with E-state index in [1.807, 2.05) is 24.3 Å². The summed E-state index contributed by atoms with van der Waals surface area (Å²) in [7, 11) is 1.56. The minimum Gasteiger partial charge on any atom is -0.503 e. The van der Waals surface area contributed by atoms with E-state index in [2.05, 4.69) is 18.7 Å². The fraction of sp³-hybridized carbons (Fsp3) is 0.524. The zero-order valence-electron chi connectivity index (χ0n) is 16.9. The van der Waals surface area contributed by atoms with Crippen LogP contribution < -0.4 is 4.90 Å². The van der Waals surface area contributed by atoms with Gasteiger partial charge in [0, 0.05) is 38.3 Å². The number of rotatable bonds is 9. The van der Waals surface area contributed by atoms with Gasteiger partial charge in [-0.15, -0.1) is 0 Å². The van der Waals surface area contributed by atoms with Gasteiger partial charge in [0.05, 0.1) is 18.2 Å². The second-order valence-electron chi connectivity index (χ2n) is 6.94. The highest BCUT2D eigenvalue weighted by Gasteiger charge is 2.43. The SMILES string of the molecule is CCN(CC)c1ccc(C2C(C(=O)C(C)C)=C(O)C(=O)N2CCOC)cc1. The summed E-state index contributed by atoms with van der Waals surface area (Å²) in [6.07, 6.45) is 0. The summed E-state index contributed by atoms with van der Waals surface area (Å²) in [5.41, 5.74) is 2.08. The Labute approximate surface area is 161 Å². The van der Waals surface area contributed by atoms with Crippen molar-refractivity contribution in [1.82, 2.24) is 4.90 Å². The average Bonchev–Trinajstić information content (AvgIpc) is 2.91. The zero-order chi connectivity index (χ0) is 20.1. The molecule has 1 unspecified atom stereocenters. The van der Waals surface area contributed by atoms with E-state index >= 15 is 0 Å². The Balaban J connectivity index is 2.46. The van der Waals surface area contributed by atoms with Crippen molar-refractivity contribution < 1.29 is 19.4 Å². The van der Waals surface area contributed by atoms with Gasteiger partial charge in [-0.2, -0.15) is 0 Å². The molecule has 1 atom stereocenters. The number of benzene rings is 1. The first-order valence-electron chi connectivity index (χ1n) is 9.49. The Hall–Kier alpha value is -2.34. The molecule has 0 fully saturated rings. The normalized spacial score (nSPS) is 17.2. The lowest BCUT2D eigenvalue weighted by Crippen LogP contribution is -2.34. The number of aliphatic hydroxyl groups is 1. The first kappa shape index (κ1) is 21.0. The second-order valence-corrected chi connectivity index (χ2v) is 6.94. The van der Waals surface area contributed by atoms with Crippen LogP contribution in [0, 0.1) is 5.92 Å². The third kappa shape index (κ3) is 4.16. The van der Waals surface area contributed by atoms with Gasteiger partial charge in [-0.3, -0.25) is 9.59 Å². The lowest BCUT2D eigenvalue weighted by molar-refractivity contribution is -0.130. The summed E-state index contributed by atoms with van der Waals surface area (Å²) in [5.74, 6) is -1.48. The number of ketones is 1. The van der Waals surface area contributed by atoms with E-state index in [9.17, 15) is 14.7 Å². The van der Waals surface area contributed by atoms with Gasteiger partial charge in [0.15, 0.2) is 11.5 Å². The Kier molecular flexibility index (Phi) is 7.02. The quantitative estimate of drug-likeness (QED) is 0.719. The number of hydrogen-bond donors (Lipinski definition) is 1. The van der Waals surface area contributed by atoms with Crippen molar-refractivity contribution in [2.45, 2.75) is 33.7 Å². The molecule has 0 saturated carbocycles. The number of anilines is 1. The van der Waals surface area contributed by atoms with Gasteiger partial charge < -0.3 is 19.6 Å². The minimum absolute atomic E-state index is 0.182. The van der Waals surface area contributed by atoms with Crippen molar-refractivity contribution in [1.29, 1.82) is 0 Å². The first-order chi connectivity index (χ1) is 12.9. The molecule has 1 aromatic carbocycles. The fourth-order valence-corrected chi connectivity index (χ4v) is 3.44. The Bertz CT molecular complexity index is 705. The lowest BCUT2D eigenvalue weighted by Gasteiger charge is -2.28. The van der Waals surface area contributed by atoms with Crippen LogP contribution in [0.3, 0.4) is 0 Å². The number of methoxy groups -OCH3 is 1. The Morgan fingerprint density at radius 2 is 1.81 bits per heavy atom. The van der Waals surface area contributed by atoms with E-state index in [0.717, 1.165) is 24.3 Å². The predicted octanol–water partition coefficient (Wildman–Crippen LogP) is 3.10. The van der Waals surface area contributed by atoms with Crippen LogP contribution in [0.1, 0.15) is 39.3 Å². The number of amides is 1. The fourth-order valence-electron chi connectivity index (χ4n) is 3.44. The number of ether oxygens (including phenoxy) is 1. The topological polar surface area (TPSA) is 70.1 Å². The smallest absolute Gasteiger partial charge is 0.290 e. The lowest BCUT2D eigenvalue weighted by atomic mass is 9.91. The molecule has 6 nitrogen and oxygen atoms in total. The van der Waals surface area contributed by atoms with Gasteiger partial charge in [0.25, 0.3) is 5.91 Å². The van der Waals surface area contributed by atoms with Gasteiger partial charge in [-0.05, 0) is 31.5 Å². The van der Waals surface area contributed by atoms with Crippen molar-refractivity contribution in [3.63, 3.8) is 0 Å². The van der Waals surface area contributed by atoms with Crippen LogP contribution in [0.4, 0.5) is 5.69 Å². The highest BCUT2D eigenvalue weighted by atomic mass is 16.5. The second kappa shape index (κ2) is 9.04. The molecule has 6 heteroatoms. The highest BCUT2D eigenvalue weighted by Crippen LogP contribution is 2.39. The zero-order valence-corrected chi connectivity index (χ0v) is 16.9. The molecule has 1 aliphatic rings. The Morgan fingerprint density at radius 1 is 1.22 bits per heavy atom. The molecule has 1 N–H and O–H groups in total. The summed E-state index contributed by atoms with van der Waals surface area (Å²) >= 11 is 0. The summed E-state index contributed by atoms with van der Waals surface area (Å²) in [6.45, 7) is 10.2. The number of carbonyl (C=O) groups excluding carboxylic acids is 2. The van der Waals surface area contributed by atoms with Gasteiger partial charge in [-0.1, -0.05) is 26.0 Å². The van der Waals surface area contributed by atoms with E-state index in [4.69, 9.17) is 4.74 Å². The van der Waals surface area contributed by atoms with E-state index in [1.54, 1.807) is 21.0 Å². The maximum Gasteiger partial charge on any atom is 0.290 e. The molecule has 27 heavy (non-hydrogen) atoms. The number of aliphatic hydroxyl groups excluding tert-OH is 1. The molecular weight excluding hydrogens is 344 g/mol. The molecule has 0 saturated heterocycles. The summed E-state index contributed by atoms with van der Waals surface area (Å²) in [4.78, 5) is 29.1. The van der Waals surface area contributed by atoms with Crippen molar-refractivity contribution >= 4 is 17.4 Å². The van der Waals surface area contributed by atoms with Gasteiger partial charge in [0.2, 0.25) is 0 Å². The predicted molar refractivity (Wildman–Crippen MR) is 106 cm³/mol. The average molecular weight is 374 g/mol. The van der Waals surface area contributed by atoms with Crippen LogP contribution in [-0.2, 0) is 14.3 Å². The molecule has 0 radical (unpaired) electrons. The highest BCUT2D eigenvalue weighted by molar-refractivity contribution is 6.09. The van der Waals surface area contributed by atoms with E-state index in [1.165, 1.54) is 4.90 Å². The summed E-state index contributed by atoms with van der Waals surface area (Å²) in [6, 6.07) is 7.26. The van der Waals surface area contributed by atoms with Crippen molar-refractivity contribution in [3.8, 4) is 0 Å². The molecule has 148 valence electrons. The third-order valence-electron chi connectivity index (χ3n) is 4.97. The molecule has 0 aliphatic carbocycles. The molecule has 2 rings (SSSR count). The first-order valence-corrected chi connectivity index (χ1v) is 9.49. The molecule has 0 aromatic heterocycles. The molecule has 1 aliphatic heterocycles. The minimum atomic E-state index is -0.590.